The van der Waals surface area contributed by atoms with Gasteiger partial charge in [0.2, 0.25) is 11.8 Å². The number of hydrogen-bond acceptors (Lipinski definition) is 13. The first kappa shape index (κ1) is 44.5. The summed E-state index contributed by atoms with van der Waals surface area (Å²) in [6.07, 6.45) is 5.25. The van der Waals surface area contributed by atoms with Gasteiger partial charge in [-0.2, -0.15) is 0 Å². The third kappa shape index (κ3) is 9.58. The van der Waals surface area contributed by atoms with Crippen molar-refractivity contribution < 1.29 is 19.1 Å². The first-order valence-electron chi connectivity index (χ1n) is 23.6. The number of aromatic nitrogens is 2. The third-order valence-corrected chi connectivity index (χ3v) is 13.4. The molecule has 6 heterocycles. The number of morpholine rings is 1. The Balaban J connectivity index is 0.782. The Bertz CT molecular complexity index is 2840. The van der Waals surface area contributed by atoms with E-state index in [1.165, 1.54) is 22.4 Å². The summed E-state index contributed by atoms with van der Waals surface area (Å²) in [5, 5.41) is 14.2. The molecule has 4 aromatic carbocycles. The van der Waals surface area contributed by atoms with E-state index in [9.17, 15) is 9.59 Å². The van der Waals surface area contributed by atoms with Gasteiger partial charge in [0.05, 0.1) is 48.8 Å². The zero-order valence-corrected chi connectivity index (χ0v) is 39.3. The molecule has 6 aromatic rings. The maximum absolute atomic E-state index is 12.9. The second-order valence-corrected chi connectivity index (χ2v) is 17.9. The fraction of sp³-hybridized carbons (Fsp3) is 0.321. The average molecular weight is 914 g/mol. The highest BCUT2D eigenvalue weighted by Crippen LogP contribution is 2.41. The highest BCUT2D eigenvalue weighted by molar-refractivity contribution is 6.00. The number of rotatable bonds is 13. The van der Waals surface area contributed by atoms with Crippen molar-refractivity contribution in [3.05, 3.63) is 126 Å². The molecule has 68 heavy (non-hydrogen) atoms. The van der Waals surface area contributed by atoms with E-state index in [4.69, 9.17) is 9.47 Å². The van der Waals surface area contributed by atoms with E-state index in [-0.39, 0.29) is 11.8 Å². The number of pyridine rings is 2. The highest BCUT2D eigenvalue weighted by Gasteiger charge is 2.28. The highest BCUT2D eigenvalue weighted by atomic mass is 16.5. The van der Waals surface area contributed by atoms with Crippen LogP contribution >= 0.6 is 0 Å². The molecular weight excluding hydrogens is 855 g/mol. The summed E-state index contributed by atoms with van der Waals surface area (Å²) >= 11 is 0. The van der Waals surface area contributed by atoms with E-state index >= 15 is 0 Å². The molecule has 4 aliphatic rings. The molecular formula is C53H59N11O4. The van der Waals surface area contributed by atoms with Crippen LogP contribution in [0.25, 0.3) is 0 Å². The summed E-state index contributed by atoms with van der Waals surface area (Å²) in [6.45, 7) is 14.4. The van der Waals surface area contributed by atoms with Gasteiger partial charge in [0.25, 0.3) is 0 Å². The van der Waals surface area contributed by atoms with Crippen molar-refractivity contribution in [2.24, 2.45) is 0 Å². The number of fused-ring (bicyclic) bond motifs is 2. The molecule has 0 atom stereocenters. The SMILES string of the molecule is COc1cc(N2CCOCC2)ccc1Nc1cc(Nc2cc(CN3CCN(c4ccc(Nc5cc(Nc6cccc7c6N(C(C)=O)CC7)ccn5)c(C)c4)CC3)cc3c2N(C(C)=O)CC3)ccn1. The van der Waals surface area contributed by atoms with Gasteiger partial charge in [0, 0.05) is 132 Å². The number of nitrogens with one attached hydrogen (secondary N) is 4. The number of carbonyl (C=O) groups is 2. The van der Waals surface area contributed by atoms with Gasteiger partial charge in [0.15, 0.2) is 0 Å². The fourth-order valence-corrected chi connectivity index (χ4v) is 9.94. The topological polar surface area (TPSA) is 143 Å². The number of piperazine rings is 1. The molecule has 4 aliphatic heterocycles. The Hall–Kier alpha value is -7.36. The van der Waals surface area contributed by atoms with Crippen molar-refractivity contribution in [2.75, 3.05) is 114 Å². The van der Waals surface area contributed by atoms with Crippen molar-refractivity contribution in [1.82, 2.24) is 14.9 Å². The average Bonchev–Trinajstić information content (AvgIpc) is 4.00. The van der Waals surface area contributed by atoms with Crippen LogP contribution in [-0.4, -0.2) is 99.4 Å². The van der Waals surface area contributed by atoms with Crippen molar-refractivity contribution in [3.63, 3.8) is 0 Å². The summed E-state index contributed by atoms with van der Waals surface area (Å²) in [5.41, 5.74) is 14.3. The molecule has 350 valence electrons. The number of hydrogen-bond donors (Lipinski definition) is 4. The fourth-order valence-electron chi connectivity index (χ4n) is 9.94. The molecule has 15 heteroatoms. The second-order valence-electron chi connectivity index (χ2n) is 17.9. The van der Waals surface area contributed by atoms with Crippen LogP contribution in [0, 0.1) is 6.92 Å². The minimum Gasteiger partial charge on any atom is -0.494 e. The molecule has 0 aliphatic carbocycles. The minimum atomic E-state index is 0.0352. The van der Waals surface area contributed by atoms with Crippen molar-refractivity contribution >= 4 is 80.3 Å². The first-order chi connectivity index (χ1) is 33.1. The molecule has 0 spiro atoms. The van der Waals surface area contributed by atoms with Crippen LogP contribution < -0.4 is 45.6 Å². The lowest BCUT2D eigenvalue weighted by atomic mass is 10.0. The first-order valence-corrected chi connectivity index (χ1v) is 23.6. The number of anilines is 12. The summed E-state index contributed by atoms with van der Waals surface area (Å²) < 4.78 is 11.3. The van der Waals surface area contributed by atoms with Crippen LogP contribution in [0.15, 0.2) is 103 Å². The Labute approximate surface area is 398 Å². The van der Waals surface area contributed by atoms with Crippen molar-refractivity contribution in [3.8, 4) is 5.75 Å². The van der Waals surface area contributed by atoms with E-state index in [0.29, 0.717) is 32.1 Å². The molecule has 0 saturated carbocycles. The van der Waals surface area contributed by atoms with Gasteiger partial charge in [-0.25, -0.2) is 9.97 Å². The molecule has 0 bridgehead atoms. The maximum Gasteiger partial charge on any atom is 0.223 e. The monoisotopic (exact) mass is 913 g/mol. The lowest BCUT2D eigenvalue weighted by Gasteiger charge is -2.36. The van der Waals surface area contributed by atoms with E-state index < -0.39 is 0 Å². The van der Waals surface area contributed by atoms with Crippen LogP contribution in [0.3, 0.4) is 0 Å². The molecule has 0 unspecified atom stereocenters. The smallest absolute Gasteiger partial charge is 0.223 e. The van der Waals surface area contributed by atoms with Gasteiger partial charge in [-0.1, -0.05) is 18.2 Å². The summed E-state index contributed by atoms with van der Waals surface area (Å²) in [7, 11) is 1.68. The van der Waals surface area contributed by atoms with Gasteiger partial charge < -0.3 is 50.3 Å². The van der Waals surface area contributed by atoms with Gasteiger partial charge in [-0.3, -0.25) is 14.5 Å². The number of aryl methyl sites for hydroxylation is 1. The summed E-state index contributed by atoms with van der Waals surface area (Å²) in [6, 6.07) is 31.3. The van der Waals surface area contributed by atoms with Crippen molar-refractivity contribution in [2.45, 2.75) is 40.2 Å². The number of amides is 2. The minimum absolute atomic E-state index is 0.0352. The second kappa shape index (κ2) is 19.5. The normalized spacial score (nSPS) is 15.8. The largest absolute Gasteiger partial charge is 0.494 e. The van der Waals surface area contributed by atoms with Crippen molar-refractivity contribution in [1.29, 1.82) is 0 Å². The van der Waals surface area contributed by atoms with E-state index in [0.717, 1.165) is 127 Å². The zero-order valence-electron chi connectivity index (χ0n) is 39.3. The molecule has 15 nitrogen and oxygen atoms in total. The number of methoxy groups -OCH3 is 1. The maximum atomic E-state index is 12.9. The Morgan fingerprint density at radius 1 is 0.603 bits per heavy atom. The van der Waals surface area contributed by atoms with Crippen LogP contribution in [0.4, 0.5) is 68.5 Å². The van der Waals surface area contributed by atoms with Crippen LogP contribution in [0.1, 0.15) is 36.1 Å². The van der Waals surface area contributed by atoms with E-state index in [2.05, 4.69) is 101 Å². The lowest BCUT2D eigenvalue weighted by molar-refractivity contribution is -0.117. The lowest BCUT2D eigenvalue weighted by Crippen LogP contribution is -2.46. The van der Waals surface area contributed by atoms with Gasteiger partial charge in [-0.05, 0) is 96.6 Å². The molecule has 2 fully saturated rings. The van der Waals surface area contributed by atoms with E-state index in [1.807, 2.05) is 52.3 Å². The van der Waals surface area contributed by atoms with Gasteiger partial charge in [-0.15, -0.1) is 0 Å². The van der Waals surface area contributed by atoms with Crippen LogP contribution in [-0.2, 0) is 33.7 Å². The third-order valence-electron chi connectivity index (χ3n) is 13.4. The molecule has 2 amide bonds. The Morgan fingerprint density at radius 2 is 1.21 bits per heavy atom. The Kier molecular flexibility index (Phi) is 12.7. The molecule has 2 saturated heterocycles. The molecule has 10 rings (SSSR count). The number of para-hydroxylation sites is 1. The van der Waals surface area contributed by atoms with Crippen LogP contribution in [0.2, 0.25) is 0 Å². The summed E-state index contributed by atoms with van der Waals surface area (Å²) in [4.78, 5) is 45.5. The molecule has 4 N–H and O–H groups in total. The predicted molar refractivity (Wildman–Crippen MR) is 273 cm³/mol. The quantitative estimate of drug-likeness (QED) is 0.0878. The number of benzene rings is 4. The number of ether oxygens (including phenoxy) is 2. The van der Waals surface area contributed by atoms with Gasteiger partial charge in [0.1, 0.15) is 17.4 Å². The standard InChI is InChI=1S/C53H59N11O4/c1-35-28-43(8-10-45(35)58-50-31-41(12-16-54-50)56-47-7-5-6-39-14-18-63(36(2)65)52(39)47)61-22-20-60(21-23-61)34-38-29-40-15-19-64(37(3)66)53(40)48(30-38)57-42-13-17-55-51(32-42)59-46-11-9-44(33-49(46)67-4)62-24-26-68-27-25-62/h5-13,16-17,28-33H,14-15,18-27,34H2,1-4H3,(H2,54,56,58)(H2,55,57,59). The molecule has 0 radical (unpaired) electrons. The predicted octanol–water partition coefficient (Wildman–Crippen LogP) is 8.74. The number of nitrogens with zero attached hydrogens (tertiary/aromatic N) is 7. The molecule has 2 aromatic heterocycles. The summed E-state index contributed by atoms with van der Waals surface area (Å²) in [5.74, 6) is 2.23. The van der Waals surface area contributed by atoms with Crippen LogP contribution in [0.5, 0.6) is 5.75 Å². The Morgan fingerprint density at radius 3 is 1.87 bits per heavy atom. The van der Waals surface area contributed by atoms with Gasteiger partial charge >= 0.3 is 0 Å². The van der Waals surface area contributed by atoms with E-state index in [1.54, 1.807) is 33.4 Å². The number of carbonyl (C=O) groups excluding carboxylic acids is 2. The zero-order chi connectivity index (χ0) is 46.7.